The van der Waals surface area contributed by atoms with Crippen molar-refractivity contribution in [3.63, 3.8) is 0 Å². The van der Waals surface area contributed by atoms with E-state index in [0.29, 0.717) is 0 Å². The summed E-state index contributed by atoms with van der Waals surface area (Å²) < 4.78 is 5.82. The van der Waals surface area contributed by atoms with Gasteiger partial charge in [0.05, 0.1) is 11.9 Å². The highest BCUT2D eigenvalue weighted by atomic mass is 32.2. The van der Waals surface area contributed by atoms with Gasteiger partial charge in [-0.05, 0) is 50.2 Å². The van der Waals surface area contributed by atoms with E-state index in [1.807, 2.05) is 79.7 Å². The van der Waals surface area contributed by atoms with Crippen molar-refractivity contribution >= 4 is 22.5 Å². The highest BCUT2D eigenvalue weighted by Crippen LogP contribution is 2.26. The fourth-order valence-corrected chi connectivity index (χ4v) is 3.11. The first-order valence-electron chi connectivity index (χ1n) is 8.48. The van der Waals surface area contributed by atoms with E-state index in [-0.39, 0.29) is 0 Å². The zero-order valence-electron chi connectivity index (χ0n) is 14.9. The Morgan fingerprint density at radius 2 is 1.46 bits per heavy atom. The number of aryl methyl sites for hydroxylation is 1. The van der Waals surface area contributed by atoms with Crippen molar-refractivity contribution in [2.75, 3.05) is 0 Å². The quantitative estimate of drug-likeness (QED) is 0.216. The fraction of sp³-hybridized carbons (Fsp3) is 0.0870. The zero-order chi connectivity index (χ0) is 18.2. The van der Waals surface area contributed by atoms with Crippen LogP contribution in [0.3, 0.4) is 0 Å². The number of hydrogen-bond acceptors (Lipinski definition) is 3. The molecule has 2 nitrogen and oxygen atoms in total. The molecule has 0 heterocycles. The second kappa shape index (κ2) is 9.07. The summed E-state index contributed by atoms with van der Waals surface area (Å²) in [6, 6.07) is 28.2. The molecule has 0 saturated carbocycles. The third-order valence-electron chi connectivity index (χ3n) is 3.67. The van der Waals surface area contributed by atoms with Crippen molar-refractivity contribution < 1.29 is 4.74 Å². The van der Waals surface area contributed by atoms with Crippen LogP contribution in [0.25, 0.3) is 0 Å². The predicted octanol–water partition coefficient (Wildman–Crippen LogP) is 6.80. The summed E-state index contributed by atoms with van der Waals surface area (Å²) >= 11 is 1.63. The van der Waals surface area contributed by atoms with Gasteiger partial charge in [0, 0.05) is 10.5 Å². The van der Waals surface area contributed by atoms with Crippen molar-refractivity contribution in [1.29, 1.82) is 0 Å². The lowest BCUT2D eigenvalue weighted by Gasteiger charge is -2.08. The maximum absolute atomic E-state index is 5.82. The summed E-state index contributed by atoms with van der Waals surface area (Å²) in [7, 11) is 0. The van der Waals surface area contributed by atoms with Crippen molar-refractivity contribution in [3.8, 4) is 5.75 Å². The number of benzene rings is 3. The number of aliphatic imine (C=N–C) groups is 1. The van der Waals surface area contributed by atoms with Gasteiger partial charge >= 0.3 is 0 Å². The van der Waals surface area contributed by atoms with Gasteiger partial charge in [0.1, 0.15) is 10.8 Å². The van der Waals surface area contributed by atoms with Gasteiger partial charge in [-0.1, -0.05) is 65.9 Å². The Kier molecular flexibility index (Phi) is 6.29. The molecular formula is C23H21NOS. The van der Waals surface area contributed by atoms with Crippen LogP contribution in [0.15, 0.2) is 107 Å². The van der Waals surface area contributed by atoms with Crippen LogP contribution in [0.1, 0.15) is 12.5 Å². The molecule has 3 aromatic rings. The van der Waals surface area contributed by atoms with E-state index >= 15 is 0 Å². The molecule has 0 atom stereocenters. The lowest BCUT2D eigenvalue weighted by molar-refractivity contribution is 0.478. The van der Waals surface area contributed by atoms with E-state index in [1.165, 1.54) is 5.56 Å². The van der Waals surface area contributed by atoms with E-state index in [1.54, 1.807) is 18.0 Å². The molecule has 0 radical (unpaired) electrons. The summed E-state index contributed by atoms with van der Waals surface area (Å²) in [6.07, 6.45) is 1.77. The van der Waals surface area contributed by atoms with Crippen LogP contribution in [0.5, 0.6) is 5.75 Å². The average molecular weight is 359 g/mol. The van der Waals surface area contributed by atoms with Crippen molar-refractivity contribution in [1.82, 2.24) is 0 Å². The molecule has 0 aliphatic carbocycles. The molecule has 0 saturated heterocycles. The van der Waals surface area contributed by atoms with Crippen LogP contribution >= 0.6 is 11.8 Å². The predicted molar refractivity (Wildman–Crippen MR) is 111 cm³/mol. The number of para-hydroxylation sites is 1. The Morgan fingerprint density at radius 3 is 2.12 bits per heavy atom. The van der Waals surface area contributed by atoms with Gasteiger partial charge in [-0.2, -0.15) is 0 Å². The first-order valence-corrected chi connectivity index (χ1v) is 9.29. The second-order valence-electron chi connectivity index (χ2n) is 5.90. The molecule has 0 amide bonds. The third kappa shape index (κ3) is 5.36. The summed E-state index contributed by atoms with van der Waals surface area (Å²) in [5.74, 6) is 0.818. The van der Waals surface area contributed by atoms with Crippen LogP contribution in [0, 0.1) is 6.92 Å². The Hall–Kier alpha value is -2.78. The van der Waals surface area contributed by atoms with Gasteiger partial charge in [0.25, 0.3) is 0 Å². The van der Waals surface area contributed by atoms with E-state index < -0.39 is 0 Å². The van der Waals surface area contributed by atoms with Crippen LogP contribution in [-0.4, -0.2) is 5.04 Å². The van der Waals surface area contributed by atoms with Gasteiger partial charge in [-0.3, -0.25) is 0 Å². The average Bonchev–Trinajstić information content (AvgIpc) is 2.68. The molecule has 0 N–H and O–H groups in total. The first kappa shape index (κ1) is 18.0. The molecule has 0 unspecified atom stereocenters. The maximum Gasteiger partial charge on any atom is 0.126 e. The Balaban J connectivity index is 1.85. The van der Waals surface area contributed by atoms with Crippen LogP contribution in [0.4, 0.5) is 5.69 Å². The standard InChI is InChI=1S/C23H21NOS/c1-18-13-15-21(16-14-18)25-17-19(2)23(24-20-9-5-3-6-10-20)26-22-11-7-4-8-12-22/h3-17H,1-2H3/b19-17+,24-23-. The lowest BCUT2D eigenvalue weighted by atomic mass is 10.2. The molecule has 0 aliphatic heterocycles. The molecule has 3 heteroatoms. The molecule has 0 aromatic heterocycles. The van der Waals surface area contributed by atoms with Crippen LogP contribution in [0.2, 0.25) is 0 Å². The molecule has 0 aliphatic rings. The summed E-state index contributed by atoms with van der Waals surface area (Å²) in [5.41, 5.74) is 3.11. The monoisotopic (exact) mass is 359 g/mol. The highest BCUT2D eigenvalue weighted by Gasteiger charge is 2.07. The molecule has 0 spiro atoms. The summed E-state index contributed by atoms with van der Waals surface area (Å²) in [6.45, 7) is 4.08. The minimum atomic E-state index is 0.818. The molecule has 3 aromatic carbocycles. The van der Waals surface area contributed by atoms with Crippen molar-refractivity contribution in [2.24, 2.45) is 4.99 Å². The minimum Gasteiger partial charge on any atom is -0.465 e. The second-order valence-corrected chi connectivity index (χ2v) is 6.96. The van der Waals surface area contributed by atoms with Crippen molar-refractivity contribution in [3.05, 3.63) is 102 Å². The Bertz CT molecular complexity index is 885. The topological polar surface area (TPSA) is 21.6 Å². The molecule has 0 fully saturated rings. The van der Waals surface area contributed by atoms with Gasteiger partial charge in [-0.15, -0.1) is 0 Å². The lowest BCUT2D eigenvalue weighted by Crippen LogP contribution is -1.97. The van der Waals surface area contributed by atoms with Crippen LogP contribution < -0.4 is 4.74 Å². The van der Waals surface area contributed by atoms with E-state index in [2.05, 4.69) is 19.1 Å². The summed E-state index contributed by atoms with van der Waals surface area (Å²) in [5, 5.41) is 0.912. The number of nitrogens with zero attached hydrogens (tertiary/aromatic N) is 1. The first-order chi connectivity index (χ1) is 12.7. The number of ether oxygens (including phenoxy) is 1. The van der Waals surface area contributed by atoms with Gasteiger partial charge < -0.3 is 4.74 Å². The molecule has 3 rings (SSSR count). The molecule has 130 valence electrons. The highest BCUT2D eigenvalue weighted by molar-refractivity contribution is 8.14. The SMILES string of the molecule is CC(=C\Oc1ccc(C)cc1)/C(=N/c1ccccc1)Sc1ccccc1. The molecule has 26 heavy (non-hydrogen) atoms. The Morgan fingerprint density at radius 1 is 0.846 bits per heavy atom. The smallest absolute Gasteiger partial charge is 0.126 e. The van der Waals surface area contributed by atoms with E-state index in [4.69, 9.17) is 9.73 Å². The third-order valence-corrected chi connectivity index (χ3v) is 4.79. The number of rotatable bonds is 5. The maximum atomic E-state index is 5.82. The molecule has 0 bridgehead atoms. The van der Waals surface area contributed by atoms with Crippen molar-refractivity contribution in [2.45, 2.75) is 18.7 Å². The minimum absolute atomic E-state index is 0.818. The van der Waals surface area contributed by atoms with Gasteiger partial charge in [-0.25, -0.2) is 4.99 Å². The van der Waals surface area contributed by atoms with Gasteiger partial charge in [0.15, 0.2) is 0 Å². The Labute approximate surface area is 159 Å². The normalized spacial score (nSPS) is 12.1. The van der Waals surface area contributed by atoms with E-state index in [0.717, 1.165) is 26.9 Å². The van der Waals surface area contributed by atoms with Gasteiger partial charge in [0.2, 0.25) is 0 Å². The number of thioether (sulfide) groups is 1. The van der Waals surface area contributed by atoms with E-state index in [9.17, 15) is 0 Å². The number of hydrogen-bond donors (Lipinski definition) is 0. The van der Waals surface area contributed by atoms with Crippen LogP contribution in [-0.2, 0) is 0 Å². The largest absolute Gasteiger partial charge is 0.465 e. The summed E-state index contributed by atoms with van der Waals surface area (Å²) in [4.78, 5) is 5.96. The fourth-order valence-electron chi connectivity index (χ4n) is 2.24. The molecular weight excluding hydrogens is 338 g/mol. The zero-order valence-corrected chi connectivity index (χ0v) is 15.7.